The van der Waals surface area contributed by atoms with Crippen LogP contribution in [0.3, 0.4) is 0 Å². The topological polar surface area (TPSA) is 70.6 Å². The van der Waals surface area contributed by atoms with E-state index in [1.54, 1.807) is 18.2 Å². The highest BCUT2D eigenvalue weighted by atomic mass is 32.2. The number of aliphatic imine (C=N–C) groups is 1. The van der Waals surface area contributed by atoms with E-state index in [0.717, 1.165) is 25.9 Å². The summed E-state index contributed by atoms with van der Waals surface area (Å²) in [6, 6.07) is 6.94. The molecule has 2 heterocycles. The molecule has 0 atom stereocenters. The number of nitrogens with one attached hydrogen (secondary N) is 2. The number of hydrogen-bond acceptors (Lipinski definition) is 4. The van der Waals surface area contributed by atoms with Crippen molar-refractivity contribution < 1.29 is 8.42 Å². The van der Waals surface area contributed by atoms with Gasteiger partial charge >= 0.3 is 0 Å². The Labute approximate surface area is 118 Å². The number of sulfonamides is 1. The van der Waals surface area contributed by atoms with Crippen molar-refractivity contribution in [3.63, 3.8) is 0 Å². The van der Waals surface area contributed by atoms with Crippen LogP contribution >= 0.6 is 0 Å². The number of rotatable bonds is 3. The third-order valence-electron chi connectivity index (χ3n) is 3.52. The van der Waals surface area contributed by atoms with Crippen LogP contribution in [0.5, 0.6) is 0 Å². The van der Waals surface area contributed by atoms with Gasteiger partial charge in [-0.15, -0.1) is 0 Å². The Hall–Kier alpha value is -1.66. The molecule has 5 nitrogen and oxygen atoms in total. The van der Waals surface area contributed by atoms with E-state index in [4.69, 9.17) is 0 Å². The van der Waals surface area contributed by atoms with Gasteiger partial charge in [-0.3, -0.25) is 9.71 Å². The third-order valence-corrected chi connectivity index (χ3v) is 4.92. The molecule has 0 unspecified atom stereocenters. The second kappa shape index (κ2) is 5.38. The molecule has 2 aliphatic heterocycles. The van der Waals surface area contributed by atoms with Crippen LogP contribution in [0.4, 0.5) is 0 Å². The van der Waals surface area contributed by atoms with E-state index in [-0.39, 0.29) is 0 Å². The quantitative estimate of drug-likeness (QED) is 0.817. The smallest absolute Gasteiger partial charge is 0.263 e. The molecule has 0 spiro atoms. The van der Waals surface area contributed by atoms with Crippen molar-refractivity contribution >= 4 is 15.9 Å². The van der Waals surface area contributed by atoms with Gasteiger partial charge in [0.15, 0.2) is 0 Å². The van der Waals surface area contributed by atoms with Gasteiger partial charge in [0.05, 0.1) is 4.90 Å². The monoisotopic (exact) mass is 291 g/mol. The summed E-state index contributed by atoms with van der Waals surface area (Å²) in [5.74, 6) is 0.468. The summed E-state index contributed by atoms with van der Waals surface area (Å²) in [6.45, 7) is 2.54. The van der Waals surface area contributed by atoms with Crippen LogP contribution in [0.1, 0.15) is 18.4 Å². The second-order valence-corrected chi connectivity index (χ2v) is 6.55. The fraction of sp³-hybridized carbons (Fsp3) is 0.357. The van der Waals surface area contributed by atoms with Gasteiger partial charge in [-0.1, -0.05) is 23.8 Å². The van der Waals surface area contributed by atoms with Crippen molar-refractivity contribution in [1.29, 1.82) is 0 Å². The van der Waals surface area contributed by atoms with E-state index >= 15 is 0 Å². The highest BCUT2D eigenvalue weighted by molar-refractivity contribution is 7.90. The Morgan fingerprint density at radius 2 is 2.10 bits per heavy atom. The molecular weight excluding hydrogens is 274 g/mol. The van der Waals surface area contributed by atoms with Crippen LogP contribution in [0.25, 0.3) is 0 Å². The molecular formula is C14H17N3O2S. The lowest BCUT2D eigenvalue weighted by Crippen LogP contribution is -2.23. The Morgan fingerprint density at radius 3 is 2.90 bits per heavy atom. The lowest BCUT2D eigenvalue weighted by Gasteiger charge is -2.12. The lowest BCUT2D eigenvalue weighted by molar-refractivity contribution is 0.595. The number of nitrogens with zero attached hydrogens (tertiary/aromatic N) is 1. The van der Waals surface area contributed by atoms with E-state index in [0.29, 0.717) is 22.8 Å². The molecule has 0 saturated carbocycles. The fourth-order valence-electron chi connectivity index (χ4n) is 2.46. The maximum Gasteiger partial charge on any atom is 0.263 e. The normalized spacial score (nSPS) is 22.2. The Kier molecular flexibility index (Phi) is 3.58. The van der Waals surface area contributed by atoms with Crippen molar-refractivity contribution in [1.82, 2.24) is 10.0 Å². The Balaban J connectivity index is 1.75. The summed E-state index contributed by atoms with van der Waals surface area (Å²) in [5, 5.41) is 3.27. The van der Waals surface area contributed by atoms with E-state index in [2.05, 4.69) is 21.1 Å². The summed E-state index contributed by atoms with van der Waals surface area (Å²) in [5.41, 5.74) is 2.06. The zero-order chi connectivity index (χ0) is 14.0. The highest BCUT2D eigenvalue weighted by Gasteiger charge is 2.29. The Morgan fingerprint density at radius 1 is 1.25 bits per heavy atom. The first kappa shape index (κ1) is 13.3. The van der Waals surface area contributed by atoms with Gasteiger partial charge in [-0.2, -0.15) is 0 Å². The van der Waals surface area contributed by atoms with Gasteiger partial charge in [0.1, 0.15) is 5.84 Å². The van der Waals surface area contributed by atoms with Crippen LogP contribution in [-0.4, -0.2) is 33.9 Å². The minimum atomic E-state index is -3.42. The molecule has 20 heavy (non-hydrogen) atoms. The molecule has 0 fully saturated rings. The Bertz CT molecular complexity index is 677. The zero-order valence-electron chi connectivity index (χ0n) is 11.1. The van der Waals surface area contributed by atoms with Gasteiger partial charge in [-0.05, 0) is 31.5 Å². The molecule has 0 aliphatic carbocycles. The predicted molar refractivity (Wildman–Crippen MR) is 78.4 cm³/mol. The number of amidine groups is 1. The molecule has 2 N–H and O–H groups in total. The van der Waals surface area contributed by atoms with Crippen molar-refractivity contribution in [2.45, 2.75) is 17.7 Å². The molecule has 0 radical (unpaired) electrons. The molecule has 0 aromatic heterocycles. The van der Waals surface area contributed by atoms with E-state index in [9.17, 15) is 8.42 Å². The molecule has 1 aromatic rings. The maximum atomic E-state index is 11.9. The van der Waals surface area contributed by atoms with Crippen molar-refractivity contribution in [2.24, 2.45) is 4.99 Å². The number of benzene rings is 1. The summed E-state index contributed by atoms with van der Waals surface area (Å²) < 4.78 is 26.4. The lowest BCUT2D eigenvalue weighted by atomic mass is 10.1. The van der Waals surface area contributed by atoms with Crippen molar-refractivity contribution in [2.75, 3.05) is 19.6 Å². The fourth-order valence-corrected chi connectivity index (χ4v) is 3.71. The SMILES string of the molecule is O=S1(=O)NC(=NCCC2=CCNCC2)c2ccccc21. The van der Waals surface area contributed by atoms with Gasteiger partial charge < -0.3 is 5.32 Å². The minimum Gasteiger partial charge on any atom is -0.313 e. The number of hydrogen-bond donors (Lipinski definition) is 2. The summed E-state index contributed by atoms with van der Waals surface area (Å²) in [7, 11) is -3.42. The summed E-state index contributed by atoms with van der Waals surface area (Å²) in [6.07, 6.45) is 4.12. The van der Waals surface area contributed by atoms with Crippen molar-refractivity contribution in [3.05, 3.63) is 41.5 Å². The molecule has 1 aromatic carbocycles. The largest absolute Gasteiger partial charge is 0.313 e. The molecule has 0 bridgehead atoms. The summed E-state index contributed by atoms with van der Waals surface area (Å²) in [4.78, 5) is 4.74. The highest BCUT2D eigenvalue weighted by Crippen LogP contribution is 2.22. The molecule has 0 amide bonds. The van der Waals surface area contributed by atoms with Gasteiger partial charge in [-0.25, -0.2) is 8.42 Å². The van der Waals surface area contributed by atoms with Crippen molar-refractivity contribution in [3.8, 4) is 0 Å². The minimum absolute atomic E-state index is 0.319. The average molecular weight is 291 g/mol. The van der Waals surface area contributed by atoms with Crippen LogP contribution in [-0.2, 0) is 10.0 Å². The van der Waals surface area contributed by atoms with Gasteiger partial charge in [0.2, 0.25) is 0 Å². The van der Waals surface area contributed by atoms with Crippen LogP contribution in [0.15, 0.2) is 45.8 Å². The molecule has 6 heteroatoms. The maximum absolute atomic E-state index is 11.9. The first-order chi connectivity index (χ1) is 9.67. The van der Waals surface area contributed by atoms with E-state index in [1.165, 1.54) is 5.57 Å². The zero-order valence-corrected chi connectivity index (χ0v) is 11.9. The van der Waals surface area contributed by atoms with E-state index in [1.807, 2.05) is 6.07 Å². The number of fused-ring (bicyclic) bond motifs is 1. The van der Waals surface area contributed by atoms with Gasteiger partial charge in [0.25, 0.3) is 10.0 Å². The van der Waals surface area contributed by atoms with Crippen LogP contribution in [0.2, 0.25) is 0 Å². The molecule has 2 aliphatic rings. The first-order valence-corrected chi connectivity index (χ1v) is 8.20. The first-order valence-electron chi connectivity index (χ1n) is 6.72. The van der Waals surface area contributed by atoms with Crippen LogP contribution < -0.4 is 10.0 Å². The molecule has 3 rings (SSSR count). The third kappa shape index (κ3) is 2.62. The standard InChI is InChI=1S/C14H17N3O2S/c18-20(19)13-4-2-1-3-12(13)14(17-20)16-10-7-11-5-8-15-9-6-11/h1-5,15H,6-10H2,(H,16,17). The molecule has 0 saturated heterocycles. The van der Waals surface area contributed by atoms with Gasteiger partial charge in [0, 0.05) is 18.7 Å². The second-order valence-electron chi connectivity index (χ2n) is 4.90. The predicted octanol–water partition coefficient (Wildman–Crippen LogP) is 1.03. The average Bonchev–Trinajstić information content (AvgIpc) is 2.72. The van der Waals surface area contributed by atoms with Crippen LogP contribution in [0, 0.1) is 0 Å². The van der Waals surface area contributed by atoms with E-state index < -0.39 is 10.0 Å². The molecule has 106 valence electrons. The summed E-state index contributed by atoms with van der Waals surface area (Å²) >= 11 is 0.